The van der Waals surface area contributed by atoms with Crippen molar-refractivity contribution in [2.45, 2.75) is 13.3 Å². The van der Waals surface area contributed by atoms with Crippen LogP contribution in [0, 0.1) is 0 Å². The number of benzene rings is 1. The lowest BCUT2D eigenvalue weighted by Crippen LogP contribution is -2.48. The molecule has 0 aliphatic carbocycles. The van der Waals surface area contributed by atoms with Crippen molar-refractivity contribution in [3.63, 3.8) is 0 Å². The Balaban J connectivity index is 1.51. The minimum Gasteiger partial charge on any atom is -0.335 e. The number of rotatable bonds is 4. The normalized spacial score (nSPS) is 15.8. The van der Waals surface area contributed by atoms with Crippen LogP contribution < -0.4 is 0 Å². The summed E-state index contributed by atoms with van der Waals surface area (Å²) < 4.78 is 2.16. The van der Waals surface area contributed by atoms with Gasteiger partial charge in [-0.3, -0.25) is 9.69 Å². The molecule has 1 amide bonds. The van der Waals surface area contributed by atoms with Crippen LogP contribution in [0.5, 0.6) is 0 Å². The summed E-state index contributed by atoms with van der Waals surface area (Å²) in [6.45, 7) is 6.97. The molecule has 0 atom stereocenters. The highest BCUT2D eigenvalue weighted by Crippen LogP contribution is 2.27. The Hall–Kier alpha value is -2.11. The molecular weight excluding hydrogens is 330 g/mol. The molecule has 5 heteroatoms. The maximum Gasteiger partial charge on any atom is 0.264 e. The summed E-state index contributed by atoms with van der Waals surface area (Å²) >= 11 is 1.58. The molecule has 1 aromatic carbocycles. The maximum atomic E-state index is 12.8. The van der Waals surface area contributed by atoms with E-state index in [-0.39, 0.29) is 5.91 Å². The highest BCUT2D eigenvalue weighted by Gasteiger charge is 2.23. The molecule has 0 saturated carbocycles. The lowest BCUT2D eigenvalue weighted by Gasteiger charge is -2.34. The molecule has 0 radical (unpaired) electrons. The van der Waals surface area contributed by atoms with Crippen LogP contribution in [0.4, 0.5) is 0 Å². The molecular formula is C20H23N3OS. The number of thiophene rings is 1. The van der Waals surface area contributed by atoms with Crippen molar-refractivity contribution in [3.8, 4) is 5.00 Å². The van der Waals surface area contributed by atoms with Gasteiger partial charge < -0.3 is 9.47 Å². The van der Waals surface area contributed by atoms with Crippen LogP contribution in [0.2, 0.25) is 0 Å². The molecule has 130 valence electrons. The fourth-order valence-corrected chi connectivity index (χ4v) is 4.47. The summed E-state index contributed by atoms with van der Waals surface area (Å²) in [4.78, 5) is 18.1. The first-order valence-electron chi connectivity index (χ1n) is 8.94. The van der Waals surface area contributed by atoms with Crippen LogP contribution in [0.15, 0.2) is 48.7 Å². The predicted molar refractivity (Wildman–Crippen MR) is 104 cm³/mol. The van der Waals surface area contributed by atoms with E-state index >= 15 is 0 Å². The summed E-state index contributed by atoms with van der Waals surface area (Å²) in [5.74, 6) is 0.170. The minimum atomic E-state index is 0.170. The number of hydrogen-bond acceptors (Lipinski definition) is 3. The van der Waals surface area contributed by atoms with E-state index in [9.17, 15) is 4.79 Å². The SMILES string of the molecule is CCCN1CCN(C(=O)c2ccc(-n3ccc4ccccc43)s2)CC1. The van der Waals surface area contributed by atoms with E-state index in [4.69, 9.17) is 0 Å². The van der Waals surface area contributed by atoms with Crippen molar-refractivity contribution in [1.82, 2.24) is 14.4 Å². The zero-order valence-electron chi connectivity index (χ0n) is 14.5. The number of aromatic nitrogens is 1. The average Bonchev–Trinajstić information content (AvgIpc) is 3.29. The van der Waals surface area contributed by atoms with Gasteiger partial charge in [0, 0.05) is 32.4 Å². The van der Waals surface area contributed by atoms with Crippen LogP contribution in [0.3, 0.4) is 0 Å². The Morgan fingerprint density at radius 3 is 2.64 bits per heavy atom. The molecule has 0 spiro atoms. The Morgan fingerprint density at radius 1 is 1.04 bits per heavy atom. The number of para-hydroxylation sites is 1. The topological polar surface area (TPSA) is 28.5 Å². The largest absolute Gasteiger partial charge is 0.335 e. The molecule has 0 unspecified atom stereocenters. The van der Waals surface area contributed by atoms with E-state index in [1.54, 1.807) is 11.3 Å². The monoisotopic (exact) mass is 353 g/mol. The van der Waals surface area contributed by atoms with Gasteiger partial charge in [0.15, 0.2) is 0 Å². The van der Waals surface area contributed by atoms with Gasteiger partial charge in [-0.25, -0.2) is 0 Å². The van der Waals surface area contributed by atoms with Crippen LogP contribution in [-0.2, 0) is 0 Å². The maximum absolute atomic E-state index is 12.8. The third kappa shape index (κ3) is 3.22. The predicted octanol–water partition coefficient (Wildman–Crippen LogP) is 3.86. The summed E-state index contributed by atoms with van der Waals surface area (Å²) in [5.41, 5.74) is 1.18. The molecule has 1 saturated heterocycles. The molecule has 4 rings (SSSR count). The first-order chi connectivity index (χ1) is 12.3. The van der Waals surface area contributed by atoms with E-state index < -0.39 is 0 Å². The number of carbonyl (C=O) groups is 1. The Kier molecular flexibility index (Phi) is 4.59. The second-order valence-corrected chi connectivity index (χ2v) is 7.58. The van der Waals surface area contributed by atoms with Gasteiger partial charge in [-0.05, 0) is 42.6 Å². The van der Waals surface area contributed by atoms with E-state index in [1.165, 1.54) is 17.3 Å². The van der Waals surface area contributed by atoms with Gasteiger partial charge in [-0.1, -0.05) is 25.1 Å². The average molecular weight is 353 g/mol. The first-order valence-corrected chi connectivity index (χ1v) is 9.76. The lowest BCUT2D eigenvalue weighted by atomic mass is 10.2. The van der Waals surface area contributed by atoms with Crippen molar-refractivity contribution < 1.29 is 4.79 Å². The highest BCUT2D eigenvalue weighted by atomic mass is 32.1. The summed E-state index contributed by atoms with van der Waals surface area (Å²) in [5, 5.41) is 2.31. The van der Waals surface area contributed by atoms with Crippen LogP contribution in [0.25, 0.3) is 15.9 Å². The number of carbonyl (C=O) groups excluding carboxylic acids is 1. The summed E-state index contributed by atoms with van der Waals surface area (Å²) in [7, 11) is 0. The second-order valence-electron chi connectivity index (χ2n) is 6.52. The standard InChI is InChI=1S/C20H23N3OS/c1-2-10-21-12-14-22(15-13-21)20(24)18-7-8-19(25-18)23-11-9-16-5-3-4-6-17(16)23/h3-9,11H,2,10,12-15H2,1H3. The number of fused-ring (bicyclic) bond motifs is 1. The Bertz CT molecular complexity index is 874. The molecule has 25 heavy (non-hydrogen) atoms. The number of piperazine rings is 1. The van der Waals surface area contributed by atoms with Crippen molar-refractivity contribution in [2.75, 3.05) is 32.7 Å². The lowest BCUT2D eigenvalue weighted by molar-refractivity contribution is 0.0642. The second kappa shape index (κ2) is 7.02. The molecule has 1 aliphatic heterocycles. The molecule has 3 aromatic rings. The van der Waals surface area contributed by atoms with Crippen molar-refractivity contribution in [1.29, 1.82) is 0 Å². The quantitative estimate of drug-likeness (QED) is 0.712. The minimum absolute atomic E-state index is 0.170. The molecule has 0 N–H and O–H groups in total. The van der Waals surface area contributed by atoms with Gasteiger partial charge in [0.1, 0.15) is 5.00 Å². The van der Waals surface area contributed by atoms with Crippen molar-refractivity contribution in [2.24, 2.45) is 0 Å². The van der Waals surface area contributed by atoms with E-state index in [0.29, 0.717) is 0 Å². The van der Waals surface area contributed by atoms with Crippen molar-refractivity contribution >= 4 is 28.1 Å². The first kappa shape index (κ1) is 16.4. The number of amides is 1. The molecule has 1 fully saturated rings. The third-order valence-electron chi connectivity index (χ3n) is 4.84. The van der Waals surface area contributed by atoms with E-state index in [1.807, 2.05) is 23.1 Å². The molecule has 3 heterocycles. The van der Waals surface area contributed by atoms with Crippen molar-refractivity contribution in [3.05, 3.63) is 53.5 Å². The number of nitrogens with zero attached hydrogens (tertiary/aromatic N) is 3. The fraction of sp³-hybridized carbons (Fsp3) is 0.350. The van der Waals surface area contributed by atoms with Crippen LogP contribution >= 0.6 is 11.3 Å². The molecule has 0 bridgehead atoms. The fourth-order valence-electron chi connectivity index (χ4n) is 3.49. The van der Waals surface area contributed by atoms with E-state index in [0.717, 1.165) is 42.6 Å². The smallest absolute Gasteiger partial charge is 0.264 e. The third-order valence-corrected chi connectivity index (χ3v) is 5.91. The van der Waals surface area contributed by atoms with Gasteiger partial charge in [0.2, 0.25) is 0 Å². The van der Waals surface area contributed by atoms with Crippen LogP contribution in [0.1, 0.15) is 23.0 Å². The zero-order chi connectivity index (χ0) is 17.2. The zero-order valence-corrected chi connectivity index (χ0v) is 15.3. The number of hydrogen-bond donors (Lipinski definition) is 0. The highest BCUT2D eigenvalue weighted by molar-refractivity contribution is 7.16. The van der Waals surface area contributed by atoms with Gasteiger partial charge in [0.25, 0.3) is 5.91 Å². The Morgan fingerprint density at radius 2 is 1.84 bits per heavy atom. The van der Waals surface area contributed by atoms with Gasteiger partial charge in [-0.15, -0.1) is 11.3 Å². The summed E-state index contributed by atoms with van der Waals surface area (Å²) in [6, 6.07) is 14.5. The molecule has 4 nitrogen and oxygen atoms in total. The Labute approximate surface area is 152 Å². The summed E-state index contributed by atoms with van der Waals surface area (Å²) in [6.07, 6.45) is 3.25. The van der Waals surface area contributed by atoms with Gasteiger partial charge >= 0.3 is 0 Å². The van der Waals surface area contributed by atoms with Gasteiger partial charge in [-0.2, -0.15) is 0 Å². The molecule has 1 aliphatic rings. The van der Waals surface area contributed by atoms with Crippen LogP contribution in [-0.4, -0.2) is 53.0 Å². The van der Waals surface area contributed by atoms with Gasteiger partial charge in [0.05, 0.1) is 10.4 Å². The molecule has 2 aromatic heterocycles. The van der Waals surface area contributed by atoms with E-state index in [2.05, 4.69) is 46.9 Å².